The van der Waals surface area contributed by atoms with E-state index in [-0.39, 0.29) is 18.1 Å². The molecule has 0 spiro atoms. The Morgan fingerprint density at radius 3 is 2.42 bits per heavy atom. The third-order valence-electron chi connectivity index (χ3n) is 2.83. The van der Waals surface area contributed by atoms with Crippen LogP contribution in [0.25, 0.3) is 5.69 Å². The summed E-state index contributed by atoms with van der Waals surface area (Å²) in [5.74, 6) is -0.818. The van der Waals surface area contributed by atoms with Gasteiger partial charge >= 0.3 is 5.97 Å². The molecule has 2 aromatic rings. The minimum absolute atomic E-state index is 0.149. The molecule has 0 aliphatic carbocycles. The molecule has 6 heteroatoms. The first-order chi connectivity index (χ1) is 9.04. The van der Waals surface area contributed by atoms with Crippen molar-refractivity contribution in [1.29, 1.82) is 0 Å². The quantitative estimate of drug-likeness (QED) is 0.872. The molecule has 0 aliphatic heterocycles. The molecule has 1 heterocycles. The fourth-order valence-electron chi connectivity index (χ4n) is 1.95. The molecule has 2 rings (SSSR count). The predicted molar refractivity (Wildman–Crippen MR) is 68.3 cm³/mol. The molecule has 100 valence electrons. The van der Waals surface area contributed by atoms with Gasteiger partial charge in [0.05, 0.1) is 23.6 Å². The van der Waals surface area contributed by atoms with Gasteiger partial charge in [-0.25, -0.2) is 9.48 Å². The van der Waals surface area contributed by atoms with E-state index in [1.165, 1.54) is 12.1 Å². The molecule has 0 saturated carbocycles. The number of aliphatic hydroxyl groups is 1. The van der Waals surface area contributed by atoms with Gasteiger partial charge in [0, 0.05) is 0 Å². The molecule has 0 atom stereocenters. The highest BCUT2D eigenvalue weighted by atomic mass is 16.4. The zero-order valence-electron chi connectivity index (χ0n) is 10.7. The summed E-state index contributed by atoms with van der Waals surface area (Å²) in [6.07, 6.45) is 0. The topological polar surface area (TPSA) is 88.2 Å². The summed E-state index contributed by atoms with van der Waals surface area (Å²) in [6, 6.07) is 6.38. The Balaban J connectivity index is 2.47. The van der Waals surface area contributed by atoms with Gasteiger partial charge in [-0.2, -0.15) is 0 Å². The van der Waals surface area contributed by atoms with Crippen LogP contribution in [0.4, 0.5) is 0 Å². The van der Waals surface area contributed by atoms with Gasteiger partial charge in [0.25, 0.3) is 0 Å². The summed E-state index contributed by atoms with van der Waals surface area (Å²) in [6.45, 7) is 3.81. The lowest BCUT2D eigenvalue weighted by Crippen LogP contribution is -2.06. The average Bonchev–Trinajstić information content (AvgIpc) is 2.82. The van der Waals surface area contributed by atoms with Crippen LogP contribution in [0.2, 0.25) is 0 Å². The molecule has 0 unspecified atom stereocenters. The van der Waals surface area contributed by atoms with Gasteiger partial charge in [0.2, 0.25) is 0 Å². The summed E-state index contributed by atoms with van der Waals surface area (Å²) in [5, 5.41) is 26.1. The molecule has 6 nitrogen and oxygen atoms in total. The maximum absolute atomic E-state index is 10.8. The van der Waals surface area contributed by atoms with Gasteiger partial charge in [-0.1, -0.05) is 19.1 Å². The van der Waals surface area contributed by atoms with Crippen LogP contribution in [0.1, 0.15) is 41.5 Å². The molecule has 2 N–H and O–H groups in total. The first-order valence-corrected chi connectivity index (χ1v) is 5.93. The molecule has 0 bridgehead atoms. The second-order valence-corrected chi connectivity index (χ2v) is 4.50. The first kappa shape index (κ1) is 13.2. The standard InChI is InChI=1S/C13H15N3O3/c1-8(2)12-11(7-17)14-15-16(12)10-5-3-9(4-6-10)13(18)19/h3-6,8,17H,7H2,1-2H3,(H,18,19). The van der Waals surface area contributed by atoms with Crippen molar-refractivity contribution in [3.05, 3.63) is 41.2 Å². The number of aliphatic hydroxyl groups excluding tert-OH is 1. The van der Waals surface area contributed by atoms with Crippen molar-refractivity contribution in [1.82, 2.24) is 15.0 Å². The van der Waals surface area contributed by atoms with Gasteiger partial charge in [-0.05, 0) is 30.2 Å². The number of benzene rings is 1. The average molecular weight is 261 g/mol. The van der Waals surface area contributed by atoms with E-state index in [1.54, 1.807) is 16.8 Å². The Kier molecular flexibility index (Phi) is 3.62. The van der Waals surface area contributed by atoms with E-state index in [0.29, 0.717) is 5.69 Å². The highest BCUT2D eigenvalue weighted by Gasteiger charge is 2.16. The molecule has 1 aromatic heterocycles. The number of aromatic nitrogens is 3. The van der Waals surface area contributed by atoms with Crippen LogP contribution in [0.5, 0.6) is 0 Å². The number of rotatable bonds is 4. The smallest absolute Gasteiger partial charge is 0.335 e. The molecule has 19 heavy (non-hydrogen) atoms. The number of hydrogen-bond acceptors (Lipinski definition) is 4. The maximum Gasteiger partial charge on any atom is 0.335 e. The van der Waals surface area contributed by atoms with Crippen molar-refractivity contribution in [2.75, 3.05) is 0 Å². The highest BCUT2D eigenvalue weighted by molar-refractivity contribution is 5.87. The molecular formula is C13H15N3O3. The highest BCUT2D eigenvalue weighted by Crippen LogP contribution is 2.21. The Labute approximate surface area is 110 Å². The summed E-state index contributed by atoms with van der Waals surface area (Å²) in [5.41, 5.74) is 2.31. The van der Waals surface area contributed by atoms with E-state index in [2.05, 4.69) is 10.3 Å². The molecular weight excluding hydrogens is 246 g/mol. The molecule has 0 radical (unpaired) electrons. The fraction of sp³-hybridized carbons (Fsp3) is 0.308. The molecule has 0 saturated heterocycles. The minimum atomic E-state index is -0.967. The van der Waals surface area contributed by atoms with Gasteiger partial charge in [0.15, 0.2) is 0 Å². The van der Waals surface area contributed by atoms with Gasteiger partial charge in [-0.15, -0.1) is 5.10 Å². The second-order valence-electron chi connectivity index (χ2n) is 4.50. The minimum Gasteiger partial charge on any atom is -0.478 e. The summed E-state index contributed by atoms with van der Waals surface area (Å²) < 4.78 is 1.63. The Morgan fingerprint density at radius 1 is 1.32 bits per heavy atom. The summed E-state index contributed by atoms with van der Waals surface area (Å²) >= 11 is 0. The number of nitrogens with zero attached hydrogens (tertiary/aromatic N) is 3. The van der Waals surface area contributed by atoms with Crippen LogP contribution in [0.3, 0.4) is 0 Å². The summed E-state index contributed by atoms with van der Waals surface area (Å²) in [4.78, 5) is 10.8. The number of aromatic carboxylic acids is 1. The van der Waals surface area contributed by atoms with Crippen molar-refractivity contribution < 1.29 is 15.0 Å². The van der Waals surface area contributed by atoms with E-state index >= 15 is 0 Å². The van der Waals surface area contributed by atoms with Crippen LogP contribution in [0.15, 0.2) is 24.3 Å². The van der Waals surface area contributed by atoms with Crippen molar-refractivity contribution in [2.45, 2.75) is 26.4 Å². The Hall–Kier alpha value is -2.21. The van der Waals surface area contributed by atoms with Crippen molar-refractivity contribution in [3.63, 3.8) is 0 Å². The lowest BCUT2D eigenvalue weighted by atomic mass is 10.1. The van der Waals surface area contributed by atoms with Crippen LogP contribution < -0.4 is 0 Å². The SMILES string of the molecule is CC(C)c1c(CO)nnn1-c1ccc(C(=O)O)cc1. The van der Waals surface area contributed by atoms with E-state index in [4.69, 9.17) is 5.11 Å². The lowest BCUT2D eigenvalue weighted by molar-refractivity contribution is 0.0697. The van der Waals surface area contributed by atoms with E-state index < -0.39 is 5.97 Å². The van der Waals surface area contributed by atoms with E-state index in [9.17, 15) is 9.90 Å². The van der Waals surface area contributed by atoms with Crippen molar-refractivity contribution in [2.24, 2.45) is 0 Å². The normalized spacial score (nSPS) is 10.9. The fourth-order valence-corrected chi connectivity index (χ4v) is 1.95. The van der Waals surface area contributed by atoms with E-state index in [0.717, 1.165) is 11.4 Å². The lowest BCUT2D eigenvalue weighted by Gasteiger charge is -2.10. The number of carbonyl (C=O) groups is 1. The molecule has 0 amide bonds. The van der Waals surface area contributed by atoms with Crippen LogP contribution in [-0.4, -0.2) is 31.2 Å². The third-order valence-corrected chi connectivity index (χ3v) is 2.83. The number of carboxylic acids is 1. The zero-order chi connectivity index (χ0) is 14.0. The number of hydrogen-bond donors (Lipinski definition) is 2. The summed E-state index contributed by atoms with van der Waals surface area (Å²) in [7, 11) is 0. The van der Waals surface area contributed by atoms with Gasteiger partial charge in [0.1, 0.15) is 5.69 Å². The Bertz CT molecular complexity index is 588. The molecule has 0 fully saturated rings. The number of carboxylic acid groups (broad SMARTS) is 1. The van der Waals surface area contributed by atoms with Crippen LogP contribution >= 0.6 is 0 Å². The van der Waals surface area contributed by atoms with Gasteiger partial charge < -0.3 is 10.2 Å². The monoisotopic (exact) mass is 261 g/mol. The zero-order valence-corrected chi connectivity index (χ0v) is 10.7. The molecule has 1 aromatic carbocycles. The maximum atomic E-state index is 10.8. The van der Waals surface area contributed by atoms with E-state index in [1.807, 2.05) is 13.8 Å². The largest absolute Gasteiger partial charge is 0.478 e. The second kappa shape index (κ2) is 5.19. The first-order valence-electron chi connectivity index (χ1n) is 5.93. The Morgan fingerprint density at radius 2 is 1.95 bits per heavy atom. The predicted octanol–water partition coefficient (Wildman–Crippen LogP) is 1.58. The molecule has 0 aliphatic rings. The van der Waals surface area contributed by atoms with Crippen LogP contribution in [-0.2, 0) is 6.61 Å². The van der Waals surface area contributed by atoms with Crippen LogP contribution in [0, 0.1) is 0 Å². The van der Waals surface area contributed by atoms with Gasteiger partial charge in [-0.3, -0.25) is 0 Å². The third kappa shape index (κ3) is 2.48. The van der Waals surface area contributed by atoms with Crippen molar-refractivity contribution >= 4 is 5.97 Å². The van der Waals surface area contributed by atoms with Crippen molar-refractivity contribution in [3.8, 4) is 5.69 Å².